The number of aromatic nitrogens is 3. The molecule has 1 unspecified atom stereocenters. The van der Waals surface area contributed by atoms with Gasteiger partial charge in [0, 0.05) is 11.8 Å². The van der Waals surface area contributed by atoms with Gasteiger partial charge >= 0.3 is 5.91 Å². The molecular weight excluding hydrogens is 392 g/mol. The first kappa shape index (κ1) is 18.7. The number of hydrogen-bond acceptors (Lipinski definition) is 5. The van der Waals surface area contributed by atoms with E-state index in [9.17, 15) is 14.7 Å². The van der Waals surface area contributed by atoms with Crippen molar-refractivity contribution in [2.45, 2.75) is 13.0 Å². The summed E-state index contributed by atoms with van der Waals surface area (Å²) in [6.45, 7) is 1.96. The Hall–Kier alpha value is -4.26. The van der Waals surface area contributed by atoms with Crippen molar-refractivity contribution in [1.29, 1.82) is 0 Å². The minimum absolute atomic E-state index is 0.0217. The topological polar surface area (TPSA) is 99.2 Å². The molecule has 2 aromatic heterocycles. The molecule has 1 saturated heterocycles. The predicted molar refractivity (Wildman–Crippen MR) is 116 cm³/mol. The van der Waals surface area contributed by atoms with E-state index in [2.05, 4.69) is 15.0 Å². The predicted octanol–water partition coefficient (Wildman–Crippen LogP) is 3.89. The number of imidazole rings is 1. The number of aliphatic hydroxyl groups excluding tert-OH is 1. The van der Waals surface area contributed by atoms with Gasteiger partial charge in [-0.25, -0.2) is 4.98 Å². The lowest BCUT2D eigenvalue weighted by molar-refractivity contribution is -0.132. The number of H-pyrrole nitrogens is 1. The lowest BCUT2D eigenvalue weighted by Crippen LogP contribution is -2.30. The molecule has 1 aliphatic rings. The summed E-state index contributed by atoms with van der Waals surface area (Å²) in [5.41, 5.74) is 3.34. The first-order valence-electron chi connectivity index (χ1n) is 9.78. The third-order valence-electron chi connectivity index (χ3n) is 5.31. The number of ketones is 1. The van der Waals surface area contributed by atoms with Gasteiger partial charge in [0.15, 0.2) is 0 Å². The molecule has 0 saturated carbocycles. The summed E-state index contributed by atoms with van der Waals surface area (Å²) in [5, 5.41) is 11.0. The van der Waals surface area contributed by atoms with Gasteiger partial charge in [0.1, 0.15) is 11.8 Å². The second kappa shape index (κ2) is 7.21. The van der Waals surface area contributed by atoms with E-state index in [1.54, 1.807) is 48.7 Å². The number of amides is 1. The Morgan fingerprint density at radius 3 is 2.55 bits per heavy atom. The van der Waals surface area contributed by atoms with Gasteiger partial charge in [-0.1, -0.05) is 42.5 Å². The van der Waals surface area contributed by atoms with Crippen LogP contribution >= 0.6 is 0 Å². The molecule has 7 nitrogen and oxygen atoms in total. The van der Waals surface area contributed by atoms with Crippen LogP contribution < -0.4 is 4.90 Å². The first-order valence-corrected chi connectivity index (χ1v) is 9.78. The lowest BCUT2D eigenvalue weighted by atomic mass is 9.98. The van der Waals surface area contributed by atoms with E-state index in [0.29, 0.717) is 16.8 Å². The molecule has 0 spiro atoms. The zero-order valence-corrected chi connectivity index (χ0v) is 16.6. The van der Waals surface area contributed by atoms with Crippen LogP contribution in [0.2, 0.25) is 0 Å². The van der Waals surface area contributed by atoms with Crippen LogP contribution in [-0.4, -0.2) is 31.7 Å². The number of benzene rings is 2. The summed E-state index contributed by atoms with van der Waals surface area (Å²) in [6.07, 6.45) is 1.58. The van der Waals surface area contributed by atoms with Crippen LogP contribution in [0.5, 0.6) is 0 Å². The summed E-state index contributed by atoms with van der Waals surface area (Å²) >= 11 is 0. The Bertz CT molecular complexity index is 1340. The highest BCUT2D eigenvalue weighted by Crippen LogP contribution is 2.40. The van der Waals surface area contributed by atoms with Crippen molar-refractivity contribution in [2.24, 2.45) is 0 Å². The fourth-order valence-corrected chi connectivity index (χ4v) is 3.84. The van der Waals surface area contributed by atoms with Gasteiger partial charge in [0.2, 0.25) is 5.95 Å². The summed E-state index contributed by atoms with van der Waals surface area (Å²) in [7, 11) is 0. The molecule has 1 atom stereocenters. The molecule has 31 heavy (non-hydrogen) atoms. The van der Waals surface area contributed by atoms with Gasteiger partial charge in [-0.2, -0.15) is 0 Å². The van der Waals surface area contributed by atoms with E-state index >= 15 is 0 Å². The largest absolute Gasteiger partial charge is 0.507 e. The van der Waals surface area contributed by atoms with Gasteiger partial charge in [-0.15, -0.1) is 0 Å². The summed E-state index contributed by atoms with van der Waals surface area (Å²) < 4.78 is 0. The zero-order valence-electron chi connectivity index (χ0n) is 16.6. The maximum Gasteiger partial charge on any atom is 0.302 e. The van der Waals surface area contributed by atoms with Gasteiger partial charge < -0.3 is 10.1 Å². The van der Waals surface area contributed by atoms with Crippen molar-refractivity contribution >= 4 is 34.4 Å². The van der Waals surface area contributed by atoms with E-state index in [1.807, 2.05) is 31.2 Å². The Morgan fingerprint density at radius 1 is 1.03 bits per heavy atom. The van der Waals surface area contributed by atoms with E-state index in [0.717, 1.165) is 11.1 Å². The number of fused-ring (bicyclic) bond motifs is 1. The van der Waals surface area contributed by atoms with Crippen LogP contribution in [-0.2, 0) is 9.59 Å². The Labute approximate surface area is 177 Å². The van der Waals surface area contributed by atoms with Crippen LogP contribution in [0, 0.1) is 6.92 Å². The molecule has 5 rings (SSSR count). The van der Waals surface area contributed by atoms with Crippen LogP contribution in [0.1, 0.15) is 22.9 Å². The van der Waals surface area contributed by atoms with E-state index in [4.69, 9.17) is 0 Å². The molecule has 2 aromatic carbocycles. The molecule has 1 aliphatic heterocycles. The number of pyridine rings is 1. The molecule has 0 radical (unpaired) electrons. The van der Waals surface area contributed by atoms with Crippen molar-refractivity contribution < 1.29 is 14.7 Å². The minimum atomic E-state index is -0.914. The monoisotopic (exact) mass is 410 g/mol. The number of rotatable bonds is 3. The number of carbonyl (C=O) groups excluding carboxylic acids is 2. The fourth-order valence-electron chi connectivity index (χ4n) is 3.84. The van der Waals surface area contributed by atoms with Gasteiger partial charge in [-0.3, -0.25) is 19.5 Å². The van der Waals surface area contributed by atoms with Crippen LogP contribution in [0.3, 0.4) is 0 Å². The summed E-state index contributed by atoms with van der Waals surface area (Å²) in [4.78, 5) is 39.5. The van der Waals surface area contributed by atoms with Crippen molar-refractivity contribution in [3.63, 3.8) is 0 Å². The third kappa shape index (κ3) is 3.07. The number of nitrogens with one attached hydrogen (secondary N) is 1. The van der Waals surface area contributed by atoms with Crippen LogP contribution in [0.15, 0.2) is 78.5 Å². The molecule has 152 valence electrons. The second-order valence-corrected chi connectivity index (χ2v) is 7.37. The first-order chi connectivity index (χ1) is 15.0. The smallest absolute Gasteiger partial charge is 0.302 e. The number of anilines is 1. The number of Topliss-reactive ketones (excluding diaryl/α,β-unsaturated/α-hetero) is 1. The number of aliphatic hydroxyl groups is 1. The van der Waals surface area contributed by atoms with Gasteiger partial charge in [-0.05, 0) is 36.8 Å². The average Bonchev–Trinajstić information content (AvgIpc) is 3.32. The lowest BCUT2D eigenvalue weighted by Gasteiger charge is -2.22. The highest BCUT2D eigenvalue weighted by atomic mass is 16.3. The van der Waals surface area contributed by atoms with Crippen molar-refractivity contribution in [3.8, 4) is 0 Å². The molecule has 2 N–H and O–H groups in total. The van der Waals surface area contributed by atoms with E-state index in [1.165, 1.54) is 4.90 Å². The Balaban J connectivity index is 1.73. The maximum atomic E-state index is 13.1. The van der Waals surface area contributed by atoms with Gasteiger partial charge in [0.05, 0.1) is 22.3 Å². The molecular formula is C24H18N4O3. The molecule has 4 aromatic rings. The number of aromatic amines is 1. The molecule has 0 bridgehead atoms. The number of nitrogens with zero attached hydrogens (tertiary/aromatic N) is 3. The number of aryl methyl sites for hydroxylation is 1. The molecule has 3 heterocycles. The fraction of sp³-hybridized carbons (Fsp3) is 0.0833. The van der Waals surface area contributed by atoms with Crippen molar-refractivity contribution in [2.75, 3.05) is 4.90 Å². The SMILES string of the molecule is Cc1ccc2nc(N3C(=O)C(=O)/C(=C(/O)c4ccccc4)C3c3ccccn3)[nH]c2c1. The van der Waals surface area contributed by atoms with E-state index in [-0.39, 0.29) is 17.3 Å². The maximum absolute atomic E-state index is 13.1. The van der Waals surface area contributed by atoms with E-state index < -0.39 is 17.7 Å². The highest BCUT2D eigenvalue weighted by Gasteiger charge is 2.48. The molecule has 1 amide bonds. The quantitative estimate of drug-likeness (QED) is 0.303. The summed E-state index contributed by atoms with van der Waals surface area (Å²) in [6, 6.07) is 18.7. The third-order valence-corrected chi connectivity index (χ3v) is 5.31. The highest BCUT2D eigenvalue weighted by molar-refractivity contribution is 6.51. The minimum Gasteiger partial charge on any atom is -0.507 e. The molecule has 1 fully saturated rings. The zero-order chi connectivity index (χ0) is 21.5. The number of carbonyl (C=O) groups is 2. The van der Waals surface area contributed by atoms with Crippen molar-refractivity contribution in [1.82, 2.24) is 15.0 Å². The van der Waals surface area contributed by atoms with Crippen molar-refractivity contribution in [3.05, 3.63) is 95.3 Å². The van der Waals surface area contributed by atoms with Crippen LogP contribution in [0.25, 0.3) is 16.8 Å². The Morgan fingerprint density at radius 2 is 1.81 bits per heavy atom. The van der Waals surface area contributed by atoms with Crippen LogP contribution in [0.4, 0.5) is 5.95 Å². The second-order valence-electron chi connectivity index (χ2n) is 7.37. The number of hydrogen-bond donors (Lipinski definition) is 2. The standard InChI is InChI=1S/C24H18N4O3/c1-14-10-11-16-18(13-14)27-24(26-16)28-20(17-9-5-6-12-25-17)19(22(30)23(28)31)21(29)15-7-3-2-4-8-15/h2-13,20,29H,1H3,(H,26,27)/b21-19+. The van der Waals surface area contributed by atoms with Gasteiger partial charge in [0.25, 0.3) is 5.78 Å². The molecule has 0 aliphatic carbocycles. The normalized spacial score (nSPS) is 18.1. The molecule has 7 heteroatoms. The Kier molecular flexibility index (Phi) is 4.36. The summed E-state index contributed by atoms with van der Waals surface area (Å²) in [5.74, 6) is -1.58. The average molecular weight is 410 g/mol.